The van der Waals surface area contributed by atoms with E-state index in [2.05, 4.69) is 11.1 Å². The fourth-order valence-electron chi connectivity index (χ4n) is 2.27. The van der Waals surface area contributed by atoms with Crippen molar-refractivity contribution in [2.24, 2.45) is 0 Å². The minimum absolute atomic E-state index is 0. The van der Waals surface area contributed by atoms with Crippen LogP contribution in [0.5, 0.6) is 0 Å². The Kier molecular flexibility index (Phi) is 3.96. The molecule has 3 nitrogen and oxygen atoms in total. The zero-order valence-electron chi connectivity index (χ0n) is 11.5. The van der Waals surface area contributed by atoms with Crippen molar-refractivity contribution in [2.75, 3.05) is 0 Å². The van der Waals surface area contributed by atoms with E-state index in [9.17, 15) is 4.79 Å². The molecule has 0 N–H and O–H groups in total. The Morgan fingerprint density at radius 2 is 2.00 bits per heavy atom. The molecule has 0 unspecified atom stereocenters. The van der Waals surface area contributed by atoms with Crippen LogP contribution in [0, 0.1) is 13.0 Å². The van der Waals surface area contributed by atoms with Crippen LogP contribution < -0.4 is 5.63 Å². The molecule has 4 aromatic rings. The summed E-state index contributed by atoms with van der Waals surface area (Å²) in [5.41, 5.74) is 2.49. The van der Waals surface area contributed by atoms with Gasteiger partial charge in [-0.2, -0.15) is 11.3 Å². The minimum atomic E-state index is -0.396. The molecule has 4 rings (SSSR count). The maximum absolute atomic E-state index is 12.2. The molecule has 0 spiro atoms. The van der Waals surface area contributed by atoms with Gasteiger partial charge >= 0.3 is 0 Å². The van der Waals surface area contributed by atoms with Gasteiger partial charge in [0.05, 0.1) is 16.1 Å². The number of fused-ring (bicyclic) bond motifs is 2. The van der Waals surface area contributed by atoms with Gasteiger partial charge in [-0.15, -0.1) is 12.1 Å². The summed E-state index contributed by atoms with van der Waals surface area (Å²) in [4.78, 5) is 16.7. The van der Waals surface area contributed by atoms with Gasteiger partial charge in [-0.05, 0) is 24.6 Å². The van der Waals surface area contributed by atoms with E-state index in [1.807, 2.05) is 49.4 Å². The largest absolute Gasteiger partial charge is 0.496 e. The van der Waals surface area contributed by atoms with Crippen molar-refractivity contribution < 1.29 is 24.5 Å². The molecular weight excluding hydrogens is 474 g/mol. The van der Waals surface area contributed by atoms with Gasteiger partial charge in [0.1, 0.15) is 0 Å². The summed E-state index contributed by atoms with van der Waals surface area (Å²) >= 11 is 1.47. The van der Waals surface area contributed by atoms with Crippen LogP contribution in [0.25, 0.3) is 31.8 Å². The summed E-state index contributed by atoms with van der Waals surface area (Å²) in [6, 6.07) is 16.7. The first-order chi connectivity index (χ1) is 10.2. The van der Waals surface area contributed by atoms with Crippen molar-refractivity contribution in [1.29, 1.82) is 0 Å². The number of aromatic nitrogens is 1. The Hall–Kier alpha value is -1.81. The number of thiazole rings is 1. The van der Waals surface area contributed by atoms with Crippen LogP contribution in [0.3, 0.4) is 0 Å². The average molecular weight is 485 g/mol. The second-order valence-corrected chi connectivity index (χ2v) is 5.91. The molecule has 0 amide bonds. The molecule has 22 heavy (non-hydrogen) atoms. The Balaban J connectivity index is 0.00000144. The van der Waals surface area contributed by atoms with Gasteiger partial charge in [0.15, 0.2) is 0 Å². The van der Waals surface area contributed by atoms with Crippen LogP contribution in [0.15, 0.2) is 51.7 Å². The Morgan fingerprint density at radius 1 is 1.18 bits per heavy atom. The molecule has 0 fully saturated rings. The Bertz CT molecular complexity index is 1000. The number of nitrogens with zero attached hydrogens (tertiary/aromatic N) is 1. The third kappa shape index (κ3) is 2.52. The van der Waals surface area contributed by atoms with Crippen LogP contribution in [0.2, 0.25) is 0 Å². The predicted octanol–water partition coefficient (Wildman–Crippen LogP) is 4.18. The van der Waals surface area contributed by atoms with Crippen LogP contribution in [0.4, 0.5) is 0 Å². The fraction of sp³-hybridized carbons (Fsp3) is 0.0588. The van der Waals surface area contributed by atoms with Crippen LogP contribution in [0.1, 0.15) is 5.56 Å². The summed E-state index contributed by atoms with van der Waals surface area (Å²) in [6.45, 7) is 1.96. The van der Waals surface area contributed by atoms with Crippen LogP contribution >= 0.6 is 11.3 Å². The molecule has 2 aromatic carbocycles. The second kappa shape index (κ2) is 5.76. The number of rotatable bonds is 1. The van der Waals surface area contributed by atoms with Crippen molar-refractivity contribution in [3.63, 3.8) is 0 Å². The first-order valence-electron chi connectivity index (χ1n) is 6.53. The maximum atomic E-state index is 12.2. The van der Waals surface area contributed by atoms with Gasteiger partial charge < -0.3 is 4.42 Å². The second-order valence-electron chi connectivity index (χ2n) is 4.88. The van der Waals surface area contributed by atoms with E-state index < -0.39 is 5.63 Å². The summed E-state index contributed by atoms with van der Waals surface area (Å²) in [7, 11) is 0. The molecule has 111 valence electrons. The number of aryl methyl sites for hydroxylation is 1. The van der Waals surface area contributed by atoms with E-state index in [4.69, 9.17) is 4.42 Å². The van der Waals surface area contributed by atoms with Gasteiger partial charge in [-0.25, -0.2) is 0 Å². The smallest absolute Gasteiger partial charge is 0.269 e. The van der Waals surface area contributed by atoms with Gasteiger partial charge in [0, 0.05) is 24.8 Å². The Morgan fingerprint density at radius 3 is 2.82 bits per heavy atom. The number of hydrogen-bond donors (Lipinski definition) is 0. The van der Waals surface area contributed by atoms with E-state index in [0.717, 1.165) is 21.2 Å². The molecule has 5 heteroatoms. The standard InChI is InChI=1S/C17H10NO2S.Ir/c1-10-6-7-11-9-12(17(19)20-14(11)8-10)16-18-13-4-2-3-5-15(13)21-16;/h2-8H,1H3;/q-1;. The monoisotopic (exact) mass is 485 g/mol. The molecule has 0 saturated heterocycles. The molecule has 0 aliphatic heterocycles. The van der Waals surface area contributed by atoms with E-state index in [1.54, 1.807) is 0 Å². The third-order valence-electron chi connectivity index (χ3n) is 3.31. The van der Waals surface area contributed by atoms with E-state index >= 15 is 0 Å². The third-order valence-corrected chi connectivity index (χ3v) is 4.37. The zero-order valence-corrected chi connectivity index (χ0v) is 14.8. The summed E-state index contributed by atoms with van der Waals surface area (Å²) < 4.78 is 6.45. The van der Waals surface area contributed by atoms with Crippen molar-refractivity contribution in [3.05, 3.63) is 64.5 Å². The van der Waals surface area contributed by atoms with E-state index in [1.165, 1.54) is 11.3 Å². The average Bonchev–Trinajstić information content (AvgIpc) is 2.90. The van der Waals surface area contributed by atoms with Gasteiger partial charge in [-0.3, -0.25) is 9.78 Å². The fourth-order valence-corrected chi connectivity index (χ4v) is 3.23. The van der Waals surface area contributed by atoms with Crippen LogP contribution in [-0.2, 0) is 20.1 Å². The maximum Gasteiger partial charge on any atom is 0.269 e. The first kappa shape index (κ1) is 15.1. The zero-order chi connectivity index (χ0) is 14.4. The summed E-state index contributed by atoms with van der Waals surface area (Å²) in [5.74, 6) is 0. The topological polar surface area (TPSA) is 43.1 Å². The molecule has 0 aliphatic carbocycles. The Labute approximate surface area is 144 Å². The molecule has 0 saturated carbocycles. The minimum Gasteiger partial charge on any atom is -0.496 e. The van der Waals surface area contributed by atoms with E-state index in [0.29, 0.717) is 16.2 Å². The van der Waals surface area contributed by atoms with Crippen LogP contribution in [-0.4, -0.2) is 4.98 Å². The molecule has 0 atom stereocenters. The summed E-state index contributed by atoms with van der Waals surface area (Å²) in [5, 5.41) is 1.43. The van der Waals surface area contributed by atoms with Gasteiger partial charge in [-0.1, -0.05) is 35.2 Å². The summed E-state index contributed by atoms with van der Waals surface area (Å²) in [6.07, 6.45) is 0. The van der Waals surface area contributed by atoms with Gasteiger partial charge in [0.25, 0.3) is 5.63 Å². The molecule has 2 aromatic heterocycles. The van der Waals surface area contributed by atoms with Crippen molar-refractivity contribution >= 4 is 32.5 Å². The predicted molar refractivity (Wildman–Crippen MR) is 84.7 cm³/mol. The van der Waals surface area contributed by atoms with Crippen molar-refractivity contribution in [1.82, 2.24) is 4.98 Å². The number of hydrogen-bond acceptors (Lipinski definition) is 4. The first-order valence-corrected chi connectivity index (χ1v) is 7.35. The molecule has 2 heterocycles. The quantitative estimate of drug-likeness (QED) is 0.301. The molecule has 0 aliphatic rings. The number of para-hydroxylation sites is 1. The van der Waals surface area contributed by atoms with Crippen molar-refractivity contribution in [3.8, 4) is 10.6 Å². The van der Waals surface area contributed by atoms with E-state index in [-0.39, 0.29) is 20.1 Å². The van der Waals surface area contributed by atoms with Gasteiger partial charge in [0.2, 0.25) is 0 Å². The normalized spacial score (nSPS) is 10.8. The SMILES string of the molecule is Cc1ccc2[c-]c(-c3nc4ccccc4s3)c(=O)oc2c1.[Ir]. The number of benzene rings is 2. The molecule has 1 radical (unpaired) electrons. The molecule has 0 bridgehead atoms. The van der Waals surface area contributed by atoms with Crippen molar-refractivity contribution in [2.45, 2.75) is 6.92 Å². The molecular formula is C17H10IrNO2S-.